The van der Waals surface area contributed by atoms with Crippen molar-refractivity contribution in [1.82, 2.24) is 15.6 Å². The third kappa shape index (κ3) is 13.0. The number of aromatic nitrogens is 1. The Bertz CT molecular complexity index is 1450. The van der Waals surface area contributed by atoms with Crippen molar-refractivity contribution in [2.75, 3.05) is 26.0 Å². The molecule has 4 rings (SSSR count). The number of benzene rings is 2. The van der Waals surface area contributed by atoms with E-state index in [1.807, 2.05) is 57.8 Å². The Morgan fingerprint density at radius 3 is 2.18 bits per heavy atom. The van der Waals surface area contributed by atoms with E-state index in [9.17, 15) is 18.0 Å². The van der Waals surface area contributed by atoms with Crippen LogP contribution in [-0.4, -0.2) is 70.3 Å². The first kappa shape index (κ1) is 38.5. The zero-order chi connectivity index (χ0) is 33.5. The van der Waals surface area contributed by atoms with Crippen molar-refractivity contribution in [3.8, 4) is 11.1 Å². The van der Waals surface area contributed by atoms with Crippen LogP contribution < -0.4 is 15.8 Å². The molecule has 1 aliphatic carbocycles. The number of ether oxygens (including phenoxy) is 1. The lowest BCUT2D eigenvalue weighted by Gasteiger charge is -2.25. The number of methoxy groups -OCH3 is 1. The smallest absolute Gasteiger partial charge is 0.251 e. The van der Waals surface area contributed by atoms with Crippen molar-refractivity contribution in [1.29, 1.82) is 0 Å². The number of carbonyl (C=O) groups is 4. The molecule has 2 aromatic carbocycles. The number of nitrogens with zero attached hydrogens (tertiary/aromatic N) is 1. The third-order valence-electron chi connectivity index (χ3n) is 6.57. The quantitative estimate of drug-likeness (QED) is 0.279. The summed E-state index contributed by atoms with van der Waals surface area (Å²) in [6, 6.07) is 13.2. The second kappa shape index (κ2) is 18.3. The molecular formula is C31H44N4O7S2. The predicted octanol–water partition coefficient (Wildman–Crippen LogP) is 4.06. The van der Waals surface area contributed by atoms with Crippen LogP contribution in [0.5, 0.6) is 0 Å². The molecule has 1 saturated carbocycles. The molecule has 3 aromatic rings. The monoisotopic (exact) mass is 648 g/mol. The summed E-state index contributed by atoms with van der Waals surface area (Å²) in [6.07, 6.45) is 4.44. The minimum atomic E-state index is -3.64. The third-order valence-corrected chi connectivity index (χ3v) is 8.54. The Balaban J connectivity index is 0.000000943. The number of sulfonamides is 1. The van der Waals surface area contributed by atoms with E-state index in [1.54, 1.807) is 26.2 Å². The van der Waals surface area contributed by atoms with E-state index in [0.29, 0.717) is 17.2 Å². The number of primary sulfonamides is 1. The van der Waals surface area contributed by atoms with Crippen LogP contribution in [0, 0.1) is 5.92 Å². The number of nitrogens with two attached hydrogens (primary N) is 1. The Morgan fingerprint density at radius 1 is 1.09 bits per heavy atom. The molecule has 0 radical (unpaired) electrons. The van der Waals surface area contributed by atoms with Crippen LogP contribution >= 0.6 is 11.3 Å². The van der Waals surface area contributed by atoms with Gasteiger partial charge in [0.15, 0.2) is 0 Å². The zero-order valence-corrected chi connectivity index (χ0v) is 27.7. The minimum absolute atomic E-state index is 0.0467. The van der Waals surface area contributed by atoms with Crippen molar-refractivity contribution >= 4 is 57.0 Å². The van der Waals surface area contributed by atoms with Gasteiger partial charge in [0.1, 0.15) is 18.6 Å². The van der Waals surface area contributed by atoms with E-state index in [0.717, 1.165) is 27.3 Å². The minimum Gasteiger partial charge on any atom is -0.382 e. The first-order chi connectivity index (χ1) is 20.8. The first-order valence-electron chi connectivity index (χ1n) is 14.0. The number of nitrogens with one attached hydrogen (secondary N) is 2. The molecule has 0 saturated heterocycles. The molecule has 1 heterocycles. The van der Waals surface area contributed by atoms with Gasteiger partial charge in [-0.15, -0.1) is 11.3 Å². The van der Waals surface area contributed by atoms with Crippen LogP contribution in [0.4, 0.5) is 0 Å². The maximum Gasteiger partial charge on any atom is 0.251 e. The standard InChI is InChI=1S/C24H30N4O5S2.C5H10.2CH2O/c1-15(21(29)26-11-12-35(25,31)32)23-27-19-10-9-18(13-20(19)34-23)16-5-7-17(8-6-16)22(30)28-24(2,3)14-33-4;1-2-5-3-4-5;2*1-2/h5-10,13,15H,11-12,14H2,1-4H3,(H,26,29)(H,28,30)(H2,25,31,32);5H,2-4H2,1H3;2*1H2. The Morgan fingerprint density at radius 2 is 1.68 bits per heavy atom. The fraction of sp³-hybridized carbons (Fsp3) is 0.452. The number of hydrogen-bond acceptors (Lipinski definition) is 9. The summed E-state index contributed by atoms with van der Waals surface area (Å²) in [4.78, 5) is 45.5. The molecule has 13 heteroatoms. The van der Waals surface area contributed by atoms with E-state index >= 15 is 0 Å². The van der Waals surface area contributed by atoms with Crippen molar-refractivity contribution in [3.63, 3.8) is 0 Å². The zero-order valence-electron chi connectivity index (χ0n) is 26.1. The van der Waals surface area contributed by atoms with Crippen LogP contribution in [0.25, 0.3) is 21.3 Å². The maximum absolute atomic E-state index is 12.6. The van der Waals surface area contributed by atoms with Gasteiger partial charge in [-0.25, -0.2) is 18.5 Å². The van der Waals surface area contributed by atoms with Gasteiger partial charge in [0, 0.05) is 19.2 Å². The molecule has 1 aromatic heterocycles. The van der Waals surface area contributed by atoms with Crippen LogP contribution in [0.15, 0.2) is 42.5 Å². The average Bonchev–Trinajstić information content (AvgIpc) is 3.75. The van der Waals surface area contributed by atoms with Gasteiger partial charge in [0.25, 0.3) is 5.91 Å². The highest BCUT2D eigenvalue weighted by atomic mass is 32.2. The van der Waals surface area contributed by atoms with E-state index in [1.165, 1.54) is 30.6 Å². The normalized spacial score (nSPS) is 13.1. The molecule has 2 amide bonds. The first-order valence-corrected chi connectivity index (χ1v) is 16.5. The molecule has 44 heavy (non-hydrogen) atoms. The maximum atomic E-state index is 12.6. The van der Waals surface area contributed by atoms with Gasteiger partial charge in [-0.3, -0.25) is 9.59 Å². The molecule has 0 bridgehead atoms. The molecule has 0 aliphatic heterocycles. The number of hydrogen-bond donors (Lipinski definition) is 3. The number of amides is 2. The molecule has 242 valence electrons. The van der Waals surface area contributed by atoms with Gasteiger partial charge in [-0.2, -0.15) is 0 Å². The average molecular weight is 649 g/mol. The SMILES string of the molecule is C=O.C=O.CCC1CC1.COCC(C)(C)NC(=O)c1ccc(-c2ccc3nc(C(C)C(=O)NCCS(N)(=O)=O)sc3c2)cc1. The fourth-order valence-corrected chi connectivity index (χ4v) is 5.45. The molecule has 1 fully saturated rings. The van der Waals surface area contributed by atoms with Crippen LogP contribution in [0.1, 0.15) is 68.2 Å². The van der Waals surface area contributed by atoms with Gasteiger partial charge < -0.3 is 25.0 Å². The van der Waals surface area contributed by atoms with Crippen LogP contribution in [-0.2, 0) is 29.1 Å². The van der Waals surface area contributed by atoms with Gasteiger partial charge in [0.05, 0.1) is 34.0 Å². The number of thiazole rings is 1. The van der Waals surface area contributed by atoms with Gasteiger partial charge >= 0.3 is 0 Å². The van der Waals surface area contributed by atoms with E-state index in [-0.39, 0.29) is 24.1 Å². The molecule has 1 unspecified atom stereocenters. The van der Waals surface area contributed by atoms with Gasteiger partial charge in [0.2, 0.25) is 15.9 Å². The van der Waals surface area contributed by atoms with E-state index in [4.69, 9.17) is 19.5 Å². The molecule has 11 nitrogen and oxygen atoms in total. The number of fused-ring (bicyclic) bond motifs is 1. The highest BCUT2D eigenvalue weighted by molar-refractivity contribution is 7.89. The number of carbonyl (C=O) groups excluding carboxylic acids is 4. The lowest BCUT2D eigenvalue weighted by atomic mass is 10.0. The summed E-state index contributed by atoms with van der Waals surface area (Å²) in [5.41, 5.74) is 2.76. The largest absolute Gasteiger partial charge is 0.382 e. The summed E-state index contributed by atoms with van der Waals surface area (Å²) in [7, 11) is -2.04. The Labute approximate surface area is 264 Å². The molecule has 4 N–H and O–H groups in total. The molecule has 1 aliphatic rings. The lowest BCUT2D eigenvalue weighted by molar-refractivity contribution is -0.122. The highest BCUT2D eigenvalue weighted by Crippen LogP contribution is 2.32. The highest BCUT2D eigenvalue weighted by Gasteiger charge is 2.22. The summed E-state index contributed by atoms with van der Waals surface area (Å²) >= 11 is 1.41. The molecule has 0 spiro atoms. The summed E-state index contributed by atoms with van der Waals surface area (Å²) in [5, 5.41) is 11.1. The topological polar surface area (TPSA) is 175 Å². The van der Waals surface area contributed by atoms with Crippen molar-refractivity contribution in [2.24, 2.45) is 11.1 Å². The van der Waals surface area contributed by atoms with Crippen molar-refractivity contribution in [2.45, 2.75) is 58.4 Å². The molecular weight excluding hydrogens is 604 g/mol. The Kier molecular flexibility index (Phi) is 16.0. The molecule has 1 atom stereocenters. The summed E-state index contributed by atoms with van der Waals surface area (Å²) in [5.74, 6) is -0.195. The second-order valence-electron chi connectivity index (χ2n) is 10.8. The van der Waals surface area contributed by atoms with E-state index in [2.05, 4.69) is 22.5 Å². The van der Waals surface area contributed by atoms with E-state index < -0.39 is 21.5 Å². The van der Waals surface area contributed by atoms with Gasteiger partial charge in [-0.05, 0) is 62.1 Å². The fourth-order valence-electron chi connectivity index (χ4n) is 4.01. The Hall–Kier alpha value is -3.52. The van der Waals surface area contributed by atoms with Gasteiger partial charge in [-0.1, -0.05) is 44.4 Å². The van der Waals surface area contributed by atoms with Crippen molar-refractivity contribution < 1.29 is 32.3 Å². The van der Waals surface area contributed by atoms with Crippen LogP contribution in [0.2, 0.25) is 0 Å². The number of rotatable bonds is 11. The predicted molar refractivity (Wildman–Crippen MR) is 175 cm³/mol. The van der Waals surface area contributed by atoms with Crippen LogP contribution in [0.3, 0.4) is 0 Å². The summed E-state index contributed by atoms with van der Waals surface area (Å²) in [6.45, 7) is 12.1. The lowest BCUT2D eigenvalue weighted by Crippen LogP contribution is -2.46. The second-order valence-corrected chi connectivity index (χ2v) is 13.6. The summed E-state index contributed by atoms with van der Waals surface area (Å²) < 4.78 is 28.2. The van der Waals surface area contributed by atoms with Crippen molar-refractivity contribution in [3.05, 3.63) is 53.0 Å².